The molecule has 4 nitrogen and oxygen atoms in total. The molecule has 0 aromatic heterocycles. The van der Waals surface area contributed by atoms with Gasteiger partial charge in [0.15, 0.2) is 5.78 Å². The van der Waals surface area contributed by atoms with Crippen LogP contribution in [0.2, 0.25) is 0 Å². The lowest BCUT2D eigenvalue weighted by Gasteiger charge is -2.46. The zero-order chi connectivity index (χ0) is 20.9. The van der Waals surface area contributed by atoms with Crippen LogP contribution in [0.25, 0.3) is 0 Å². The average Bonchev–Trinajstić information content (AvgIpc) is 2.80. The van der Waals surface area contributed by atoms with Crippen molar-refractivity contribution in [2.75, 3.05) is 0 Å². The van der Waals surface area contributed by atoms with E-state index in [1.807, 2.05) is 12.2 Å². The monoisotopic (exact) mass is 400 g/mol. The number of ketones is 1. The Hall–Kier alpha value is -1.23. The molecule has 0 unspecified atom stereocenters. The van der Waals surface area contributed by atoms with Crippen molar-refractivity contribution in [3.63, 3.8) is 0 Å². The van der Waals surface area contributed by atoms with Crippen molar-refractivity contribution in [3.8, 4) is 0 Å². The van der Waals surface area contributed by atoms with E-state index in [-0.39, 0.29) is 17.1 Å². The van der Waals surface area contributed by atoms with Crippen molar-refractivity contribution < 1.29 is 20.1 Å². The molecule has 4 heteroatoms. The molecule has 29 heavy (non-hydrogen) atoms. The van der Waals surface area contributed by atoms with Crippen molar-refractivity contribution in [2.24, 2.45) is 29.1 Å². The Kier molecular flexibility index (Phi) is 5.65. The van der Waals surface area contributed by atoms with E-state index in [2.05, 4.69) is 19.9 Å². The van der Waals surface area contributed by atoms with E-state index in [1.165, 1.54) is 16.7 Å². The number of rotatable bonds is 3. The zero-order valence-electron chi connectivity index (χ0n) is 18.0. The standard InChI is InChI=1S/C25H36O4/c1-14(10-23(28)15(2)26)21-6-7-22-20-13-24(29)17-11-16(4-5-18(27)12-17)19(20)8-9-25(21,22)3/h4,10,13,15,17-19,21-23,26-28H,5-9,11-12H2,1-3H3/b14-10+/t15-,17-,18-,19+,21-,22-,23-,25+/m0/s1. The number of carbonyl (C=O) groups is 1. The summed E-state index contributed by atoms with van der Waals surface area (Å²) in [6, 6.07) is 0. The highest BCUT2D eigenvalue weighted by atomic mass is 16.3. The molecule has 0 spiro atoms. The van der Waals surface area contributed by atoms with E-state index >= 15 is 0 Å². The third kappa shape index (κ3) is 3.68. The molecule has 4 rings (SSSR count). The Labute approximate surface area is 174 Å². The highest BCUT2D eigenvalue weighted by Crippen LogP contribution is 2.62. The van der Waals surface area contributed by atoms with E-state index in [0.717, 1.165) is 32.1 Å². The molecule has 2 bridgehead atoms. The Bertz CT molecular complexity index is 761. The quantitative estimate of drug-likeness (QED) is 0.631. The number of hydrogen-bond acceptors (Lipinski definition) is 4. The van der Waals surface area contributed by atoms with Gasteiger partial charge < -0.3 is 15.3 Å². The van der Waals surface area contributed by atoms with Gasteiger partial charge in [0, 0.05) is 11.8 Å². The Morgan fingerprint density at radius 2 is 2.03 bits per heavy atom. The molecule has 0 aliphatic heterocycles. The summed E-state index contributed by atoms with van der Waals surface area (Å²) in [5.74, 6) is 1.27. The number of fused-ring (bicyclic) bond motifs is 6. The lowest BCUT2D eigenvalue weighted by atomic mass is 9.58. The molecule has 3 N–H and O–H groups in total. The molecular formula is C25H36O4. The molecule has 0 amide bonds. The average molecular weight is 401 g/mol. The minimum Gasteiger partial charge on any atom is -0.393 e. The summed E-state index contributed by atoms with van der Waals surface area (Å²) in [4.78, 5) is 13.0. The van der Waals surface area contributed by atoms with Crippen LogP contribution in [0, 0.1) is 29.1 Å². The molecule has 0 aromatic carbocycles. The fourth-order valence-corrected chi connectivity index (χ4v) is 6.82. The first-order valence-electron chi connectivity index (χ1n) is 11.4. The van der Waals surface area contributed by atoms with Gasteiger partial charge in [-0.25, -0.2) is 0 Å². The van der Waals surface area contributed by atoms with Gasteiger partial charge in [0.05, 0.1) is 18.3 Å². The fourth-order valence-electron chi connectivity index (χ4n) is 6.82. The number of carbonyl (C=O) groups excluding carboxylic acids is 1. The normalized spacial score (nSPS) is 42.1. The van der Waals surface area contributed by atoms with Gasteiger partial charge in [-0.15, -0.1) is 0 Å². The molecule has 160 valence electrons. The van der Waals surface area contributed by atoms with E-state index in [1.54, 1.807) is 6.92 Å². The minimum atomic E-state index is -0.827. The van der Waals surface area contributed by atoms with Gasteiger partial charge in [0.25, 0.3) is 0 Å². The van der Waals surface area contributed by atoms with Crippen LogP contribution in [0.3, 0.4) is 0 Å². The first-order chi connectivity index (χ1) is 13.7. The van der Waals surface area contributed by atoms with Crippen LogP contribution in [0.1, 0.15) is 65.7 Å². The second-order valence-corrected chi connectivity index (χ2v) is 10.3. The Morgan fingerprint density at radius 3 is 2.76 bits per heavy atom. The third-order valence-electron chi connectivity index (χ3n) is 8.44. The second-order valence-electron chi connectivity index (χ2n) is 10.3. The van der Waals surface area contributed by atoms with Crippen LogP contribution in [-0.2, 0) is 4.79 Å². The van der Waals surface area contributed by atoms with E-state index in [4.69, 9.17) is 0 Å². The van der Waals surface area contributed by atoms with Crippen molar-refractivity contribution in [1.29, 1.82) is 0 Å². The highest BCUT2D eigenvalue weighted by molar-refractivity contribution is 5.93. The van der Waals surface area contributed by atoms with Gasteiger partial charge in [-0.2, -0.15) is 0 Å². The number of aliphatic hydroxyl groups excluding tert-OH is 3. The molecule has 0 radical (unpaired) electrons. The Balaban J connectivity index is 1.66. The molecule has 8 atom stereocenters. The lowest BCUT2D eigenvalue weighted by molar-refractivity contribution is -0.119. The van der Waals surface area contributed by atoms with Gasteiger partial charge in [0.1, 0.15) is 0 Å². The predicted octanol–water partition coefficient (Wildman–Crippen LogP) is 3.71. The van der Waals surface area contributed by atoms with Crippen LogP contribution in [0.4, 0.5) is 0 Å². The molecule has 2 saturated carbocycles. The molecule has 0 heterocycles. The van der Waals surface area contributed by atoms with Crippen LogP contribution < -0.4 is 0 Å². The summed E-state index contributed by atoms with van der Waals surface area (Å²) in [5.41, 5.74) is 3.97. The molecule has 0 saturated heterocycles. The molecule has 4 aliphatic carbocycles. The van der Waals surface area contributed by atoms with Gasteiger partial charge in [-0.05, 0) is 82.1 Å². The smallest absolute Gasteiger partial charge is 0.159 e. The van der Waals surface area contributed by atoms with Crippen molar-refractivity contribution in [3.05, 3.63) is 34.9 Å². The van der Waals surface area contributed by atoms with E-state index < -0.39 is 18.3 Å². The molecule has 4 aliphatic rings. The summed E-state index contributed by atoms with van der Waals surface area (Å²) in [5, 5.41) is 30.0. The largest absolute Gasteiger partial charge is 0.393 e. The highest BCUT2D eigenvalue weighted by Gasteiger charge is 2.53. The molecule has 2 fully saturated rings. The maximum Gasteiger partial charge on any atom is 0.159 e. The summed E-state index contributed by atoms with van der Waals surface area (Å²) < 4.78 is 0. The zero-order valence-corrected chi connectivity index (χ0v) is 18.0. The topological polar surface area (TPSA) is 77.8 Å². The summed E-state index contributed by atoms with van der Waals surface area (Å²) in [7, 11) is 0. The SMILES string of the molecule is C/C(=C\[C@H](O)[C@H](C)O)[C@@H]1CC[C@H]2C3=CC(=O)[C@H]4CC(=CC[C@H](O)C4)[C@H]3CC[C@@]21C. The van der Waals surface area contributed by atoms with Crippen LogP contribution in [-0.4, -0.2) is 39.4 Å². The minimum absolute atomic E-state index is 0.0665. The van der Waals surface area contributed by atoms with Gasteiger partial charge in [-0.1, -0.05) is 35.8 Å². The van der Waals surface area contributed by atoms with Gasteiger partial charge >= 0.3 is 0 Å². The van der Waals surface area contributed by atoms with E-state index in [0.29, 0.717) is 30.6 Å². The van der Waals surface area contributed by atoms with E-state index in [9.17, 15) is 20.1 Å². The third-order valence-corrected chi connectivity index (χ3v) is 8.44. The molecule has 0 aromatic rings. The molecular weight excluding hydrogens is 364 g/mol. The number of hydrogen-bond donors (Lipinski definition) is 3. The summed E-state index contributed by atoms with van der Waals surface area (Å²) in [6.45, 7) is 6.07. The van der Waals surface area contributed by atoms with Crippen molar-refractivity contribution in [1.82, 2.24) is 0 Å². The predicted molar refractivity (Wildman–Crippen MR) is 113 cm³/mol. The van der Waals surface area contributed by atoms with Crippen molar-refractivity contribution >= 4 is 5.78 Å². The van der Waals surface area contributed by atoms with Crippen molar-refractivity contribution in [2.45, 2.75) is 84.0 Å². The van der Waals surface area contributed by atoms with Gasteiger partial charge in [-0.3, -0.25) is 4.79 Å². The lowest BCUT2D eigenvalue weighted by Crippen LogP contribution is -2.37. The van der Waals surface area contributed by atoms with Crippen LogP contribution in [0.5, 0.6) is 0 Å². The van der Waals surface area contributed by atoms with Gasteiger partial charge in [0.2, 0.25) is 0 Å². The first kappa shape index (κ1) is 21.0. The summed E-state index contributed by atoms with van der Waals surface area (Å²) >= 11 is 0. The maximum absolute atomic E-state index is 13.0. The summed E-state index contributed by atoms with van der Waals surface area (Å²) in [6.07, 6.45) is 10.4. The van der Waals surface area contributed by atoms with Crippen LogP contribution >= 0.6 is 0 Å². The number of aliphatic hydroxyl groups is 3. The maximum atomic E-state index is 13.0. The number of allylic oxidation sites excluding steroid dienone is 4. The van der Waals surface area contributed by atoms with Crippen LogP contribution in [0.15, 0.2) is 34.9 Å². The fraction of sp³-hybridized carbons (Fsp3) is 0.720. The second kappa shape index (κ2) is 7.79. The Morgan fingerprint density at radius 1 is 1.28 bits per heavy atom. The first-order valence-corrected chi connectivity index (χ1v) is 11.4.